The summed E-state index contributed by atoms with van der Waals surface area (Å²) in [6.45, 7) is 2.38. The van der Waals surface area contributed by atoms with Crippen molar-refractivity contribution in [1.29, 1.82) is 0 Å². The van der Waals surface area contributed by atoms with E-state index in [1.807, 2.05) is 24.3 Å². The fourth-order valence-electron chi connectivity index (χ4n) is 6.92. The lowest BCUT2D eigenvalue weighted by atomic mass is 9.74. The minimum atomic E-state index is -0.210. The molecule has 0 saturated heterocycles. The summed E-state index contributed by atoms with van der Waals surface area (Å²) < 4.78 is 27.5. The molecule has 2 fully saturated rings. The van der Waals surface area contributed by atoms with Crippen molar-refractivity contribution >= 4 is 0 Å². The maximum Gasteiger partial charge on any atom is 0.123 e. The molecule has 0 aliphatic heterocycles. The van der Waals surface area contributed by atoms with Gasteiger partial charge in [-0.3, -0.25) is 0 Å². The predicted molar refractivity (Wildman–Crippen MR) is 159 cm³/mol. The molecule has 2 aliphatic carbocycles. The third kappa shape index (κ3) is 5.71. The van der Waals surface area contributed by atoms with E-state index in [4.69, 9.17) is 0 Å². The van der Waals surface area contributed by atoms with Crippen LogP contribution in [0.1, 0.15) is 87.7 Å². The molecule has 0 N–H and O–H groups in total. The van der Waals surface area contributed by atoms with Crippen molar-refractivity contribution in [1.82, 2.24) is 0 Å². The molecule has 6 rings (SSSR count). The molecule has 2 heteroatoms. The van der Waals surface area contributed by atoms with E-state index >= 15 is 0 Å². The Bertz CT molecular complexity index is 1400. The summed E-state index contributed by atoms with van der Waals surface area (Å²) in [5.41, 5.74) is 9.86. The van der Waals surface area contributed by atoms with E-state index < -0.39 is 0 Å². The van der Waals surface area contributed by atoms with E-state index in [-0.39, 0.29) is 11.6 Å². The summed E-state index contributed by atoms with van der Waals surface area (Å²) in [6.07, 6.45) is 11.4. The Morgan fingerprint density at radius 3 is 1.33 bits per heavy atom. The van der Waals surface area contributed by atoms with Crippen LogP contribution in [0.2, 0.25) is 0 Å². The van der Waals surface area contributed by atoms with Crippen LogP contribution in [0.3, 0.4) is 0 Å². The lowest BCUT2D eigenvalue weighted by Crippen LogP contribution is -2.12. The van der Waals surface area contributed by atoms with Crippen molar-refractivity contribution in [3.63, 3.8) is 0 Å². The van der Waals surface area contributed by atoms with Gasteiger partial charge in [0.1, 0.15) is 11.6 Å². The number of benzene rings is 4. The first-order chi connectivity index (χ1) is 19.0. The van der Waals surface area contributed by atoms with Gasteiger partial charge in [-0.2, -0.15) is 0 Å². The van der Waals surface area contributed by atoms with Gasteiger partial charge in [0.2, 0.25) is 0 Å². The Morgan fingerprint density at radius 2 is 0.872 bits per heavy atom. The average molecular weight is 521 g/mol. The van der Waals surface area contributed by atoms with Gasteiger partial charge in [-0.05, 0) is 124 Å². The highest BCUT2D eigenvalue weighted by Gasteiger charge is 2.26. The molecular weight excluding hydrogens is 482 g/mol. The second-order valence-electron chi connectivity index (χ2n) is 11.9. The minimum Gasteiger partial charge on any atom is -0.207 e. The Morgan fingerprint density at radius 1 is 0.462 bits per heavy atom. The highest BCUT2D eigenvalue weighted by atomic mass is 19.1. The van der Waals surface area contributed by atoms with Crippen molar-refractivity contribution in [2.45, 2.75) is 76.5 Å². The van der Waals surface area contributed by atoms with Crippen molar-refractivity contribution in [3.8, 4) is 33.4 Å². The minimum absolute atomic E-state index is 0.210. The molecule has 4 aromatic rings. The number of hydrogen-bond donors (Lipinski definition) is 0. The zero-order valence-electron chi connectivity index (χ0n) is 22.9. The smallest absolute Gasteiger partial charge is 0.123 e. The van der Waals surface area contributed by atoms with Crippen molar-refractivity contribution in [3.05, 3.63) is 108 Å². The summed E-state index contributed by atoms with van der Waals surface area (Å²) in [7, 11) is 0. The molecule has 0 heterocycles. The van der Waals surface area contributed by atoms with Crippen LogP contribution in [-0.2, 0) is 0 Å². The maximum atomic E-state index is 13.8. The van der Waals surface area contributed by atoms with Gasteiger partial charge in [0.25, 0.3) is 0 Å². The summed E-state index contributed by atoms with van der Waals surface area (Å²) in [5, 5.41) is 0. The van der Waals surface area contributed by atoms with Gasteiger partial charge in [-0.25, -0.2) is 8.78 Å². The zero-order chi connectivity index (χ0) is 26.8. The van der Waals surface area contributed by atoms with Crippen LogP contribution in [0, 0.1) is 17.6 Å². The van der Waals surface area contributed by atoms with Crippen LogP contribution >= 0.6 is 0 Å². The van der Waals surface area contributed by atoms with Crippen LogP contribution in [0.5, 0.6) is 0 Å². The molecule has 200 valence electrons. The largest absolute Gasteiger partial charge is 0.207 e. The van der Waals surface area contributed by atoms with Crippen LogP contribution in [0.15, 0.2) is 84.9 Å². The molecule has 0 bridgehead atoms. The van der Waals surface area contributed by atoms with Gasteiger partial charge in [-0.15, -0.1) is 0 Å². The van der Waals surface area contributed by atoms with Gasteiger partial charge < -0.3 is 0 Å². The molecule has 2 saturated carbocycles. The Balaban J connectivity index is 1.53. The first-order valence-electron chi connectivity index (χ1n) is 14.9. The number of hydrogen-bond acceptors (Lipinski definition) is 0. The van der Waals surface area contributed by atoms with Crippen LogP contribution < -0.4 is 0 Å². The second kappa shape index (κ2) is 11.5. The number of halogens is 2. The summed E-state index contributed by atoms with van der Waals surface area (Å²) in [5.74, 6) is 1.48. The van der Waals surface area contributed by atoms with Crippen LogP contribution in [0.4, 0.5) is 8.78 Å². The second-order valence-corrected chi connectivity index (χ2v) is 11.9. The number of rotatable bonds is 5. The van der Waals surface area contributed by atoms with E-state index in [0.717, 1.165) is 28.2 Å². The topological polar surface area (TPSA) is 0 Å². The van der Waals surface area contributed by atoms with E-state index in [9.17, 15) is 8.78 Å². The molecule has 39 heavy (non-hydrogen) atoms. The molecule has 0 aromatic heterocycles. The first kappa shape index (κ1) is 26.0. The quantitative estimate of drug-likeness (QED) is 0.245. The summed E-state index contributed by atoms with van der Waals surface area (Å²) >= 11 is 0. The predicted octanol–water partition coefficient (Wildman–Crippen LogP) is 11.3. The first-order valence-corrected chi connectivity index (χ1v) is 14.9. The van der Waals surface area contributed by atoms with Gasteiger partial charge in [0, 0.05) is 0 Å². The monoisotopic (exact) mass is 520 g/mol. The van der Waals surface area contributed by atoms with Crippen molar-refractivity contribution < 1.29 is 8.78 Å². The molecule has 4 aromatic carbocycles. The molecule has 2 aliphatic rings. The molecular formula is C37H38F2. The Hall–Kier alpha value is -3.26. The highest BCUT2D eigenvalue weighted by Crippen LogP contribution is 2.46. The van der Waals surface area contributed by atoms with Gasteiger partial charge in [0.15, 0.2) is 0 Å². The van der Waals surface area contributed by atoms with Crippen LogP contribution in [-0.4, -0.2) is 0 Å². The zero-order valence-corrected chi connectivity index (χ0v) is 22.9. The molecule has 0 unspecified atom stereocenters. The summed E-state index contributed by atoms with van der Waals surface area (Å²) in [4.78, 5) is 0. The molecule has 0 spiro atoms. The van der Waals surface area contributed by atoms with Gasteiger partial charge >= 0.3 is 0 Å². The lowest BCUT2D eigenvalue weighted by Gasteiger charge is -2.30. The third-order valence-electron chi connectivity index (χ3n) is 9.25. The van der Waals surface area contributed by atoms with E-state index in [1.165, 1.54) is 80.0 Å². The standard InChI is InChI=1S/C37H38F2/c1-25-7-9-29(10-8-25)35-22-16-31(27-13-19-33(39)20-14-27)24-37(35)36-23-30(26-11-17-32(38)18-12-26)15-21-34(36)28-5-3-2-4-6-28/h11-25,28-29H,2-10H2,1H3. The van der Waals surface area contributed by atoms with E-state index in [2.05, 4.69) is 43.3 Å². The Labute approximate surface area is 232 Å². The maximum absolute atomic E-state index is 13.8. The normalized spacial score (nSPS) is 20.2. The fourth-order valence-corrected chi connectivity index (χ4v) is 6.92. The Kier molecular flexibility index (Phi) is 7.64. The van der Waals surface area contributed by atoms with Gasteiger partial charge in [-0.1, -0.05) is 87.6 Å². The fraction of sp³-hybridized carbons (Fsp3) is 0.351. The molecule has 0 amide bonds. The average Bonchev–Trinajstić information content (AvgIpc) is 2.98. The van der Waals surface area contributed by atoms with E-state index in [0.29, 0.717) is 11.8 Å². The summed E-state index contributed by atoms with van der Waals surface area (Å²) in [6, 6.07) is 27.6. The van der Waals surface area contributed by atoms with E-state index in [1.54, 1.807) is 24.3 Å². The third-order valence-corrected chi connectivity index (χ3v) is 9.25. The highest BCUT2D eigenvalue weighted by molar-refractivity contribution is 5.82. The van der Waals surface area contributed by atoms with Gasteiger partial charge in [0.05, 0.1) is 0 Å². The molecule has 0 atom stereocenters. The van der Waals surface area contributed by atoms with Crippen molar-refractivity contribution in [2.75, 3.05) is 0 Å². The van der Waals surface area contributed by atoms with Crippen molar-refractivity contribution in [2.24, 2.45) is 5.92 Å². The molecule has 0 nitrogen and oxygen atoms in total. The van der Waals surface area contributed by atoms with Crippen LogP contribution in [0.25, 0.3) is 33.4 Å². The molecule has 0 radical (unpaired) electrons. The lowest BCUT2D eigenvalue weighted by molar-refractivity contribution is 0.348. The SMILES string of the molecule is CC1CCC(c2ccc(-c3ccc(F)cc3)cc2-c2cc(-c3ccc(F)cc3)ccc2C2CCCCC2)CC1.